The Bertz CT molecular complexity index is 522. The highest BCUT2D eigenvalue weighted by Crippen LogP contribution is 2.27. The van der Waals surface area contributed by atoms with Gasteiger partial charge in [-0.3, -0.25) is 0 Å². The topological polar surface area (TPSA) is 14.2 Å². The number of ether oxygens (including phenoxy) is 1. The van der Waals surface area contributed by atoms with E-state index < -0.39 is 0 Å². The maximum Gasteiger partial charge on any atom is 0.151 e. The molecule has 0 amide bonds. The first-order valence-corrected chi connectivity index (χ1v) is 5.30. The van der Waals surface area contributed by atoms with Crippen LogP contribution in [-0.2, 0) is 7.05 Å². The fourth-order valence-electron chi connectivity index (χ4n) is 1.77. The van der Waals surface area contributed by atoms with E-state index in [1.165, 1.54) is 6.07 Å². The molecule has 86 valence electrons. The molecule has 0 saturated heterocycles. The average Bonchev–Trinajstić information content (AvgIpc) is 2.44. The van der Waals surface area contributed by atoms with Gasteiger partial charge in [-0.2, -0.15) is 0 Å². The molecule has 0 aliphatic rings. The molecule has 0 radical (unpaired) electrons. The highest BCUT2D eigenvalue weighted by Gasteiger charge is 2.14. The number of aromatic nitrogens is 1. The first kappa shape index (κ1) is 11.0. The first-order chi connectivity index (χ1) is 7.37. The van der Waals surface area contributed by atoms with E-state index in [-0.39, 0.29) is 11.4 Å². The molecule has 0 atom stereocenters. The van der Waals surface area contributed by atoms with Crippen LogP contribution in [0.2, 0.25) is 0 Å². The normalized spacial score (nSPS) is 12.1. The van der Waals surface area contributed by atoms with Crippen molar-refractivity contribution in [2.45, 2.75) is 26.4 Å². The number of nitrogens with zero attached hydrogens (tertiary/aromatic N) is 1. The highest BCUT2D eigenvalue weighted by atomic mass is 19.1. The summed E-state index contributed by atoms with van der Waals surface area (Å²) in [6.45, 7) is 5.83. The second kappa shape index (κ2) is 3.51. The van der Waals surface area contributed by atoms with Gasteiger partial charge in [0.05, 0.1) is 5.52 Å². The van der Waals surface area contributed by atoms with E-state index in [0.717, 1.165) is 5.39 Å². The summed E-state index contributed by atoms with van der Waals surface area (Å²) in [7, 11) is 1.83. The minimum Gasteiger partial charge on any atom is -0.488 e. The Kier molecular flexibility index (Phi) is 2.41. The highest BCUT2D eigenvalue weighted by molar-refractivity contribution is 5.82. The minimum absolute atomic E-state index is 0.246. The van der Waals surface area contributed by atoms with E-state index in [1.54, 1.807) is 4.57 Å². The largest absolute Gasteiger partial charge is 0.488 e. The van der Waals surface area contributed by atoms with Crippen LogP contribution in [0.1, 0.15) is 20.8 Å². The third kappa shape index (κ3) is 2.03. The zero-order valence-electron chi connectivity index (χ0n) is 10.0. The summed E-state index contributed by atoms with van der Waals surface area (Å²) < 4.78 is 21.2. The Balaban J connectivity index is 2.51. The zero-order chi connectivity index (χ0) is 11.9. The molecule has 0 fully saturated rings. The standard InChI is InChI=1S/C13H16FNO/c1-13(2,3)16-10-7-9-5-6-15(4)12(9)11(14)8-10/h5-8H,1-4H3. The van der Waals surface area contributed by atoms with Crippen molar-refractivity contribution in [3.8, 4) is 5.75 Å². The molecule has 1 heterocycles. The van der Waals surface area contributed by atoms with Gasteiger partial charge < -0.3 is 9.30 Å². The number of hydrogen-bond donors (Lipinski definition) is 0. The summed E-state index contributed by atoms with van der Waals surface area (Å²) in [6, 6.07) is 5.19. The second-order valence-corrected chi connectivity index (χ2v) is 4.98. The predicted octanol–water partition coefficient (Wildman–Crippen LogP) is 3.49. The van der Waals surface area contributed by atoms with Crippen LogP contribution in [0.15, 0.2) is 24.4 Å². The predicted molar refractivity (Wildman–Crippen MR) is 63.3 cm³/mol. The van der Waals surface area contributed by atoms with Gasteiger partial charge in [0, 0.05) is 24.7 Å². The van der Waals surface area contributed by atoms with Crippen molar-refractivity contribution < 1.29 is 9.13 Å². The molecular weight excluding hydrogens is 205 g/mol. The van der Waals surface area contributed by atoms with Crippen molar-refractivity contribution in [1.82, 2.24) is 4.57 Å². The lowest BCUT2D eigenvalue weighted by Gasteiger charge is -2.21. The van der Waals surface area contributed by atoms with Gasteiger partial charge in [-0.1, -0.05) is 0 Å². The molecule has 0 aliphatic carbocycles. The van der Waals surface area contributed by atoms with Crippen molar-refractivity contribution in [1.29, 1.82) is 0 Å². The van der Waals surface area contributed by atoms with Gasteiger partial charge in [-0.05, 0) is 32.9 Å². The summed E-state index contributed by atoms with van der Waals surface area (Å²) in [4.78, 5) is 0. The smallest absolute Gasteiger partial charge is 0.151 e. The number of aryl methyl sites for hydroxylation is 1. The van der Waals surface area contributed by atoms with Gasteiger partial charge in [0.1, 0.15) is 11.4 Å². The van der Waals surface area contributed by atoms with Crippen molar-refractivity contribution in [2.24, 2.45) is 7.05 Å². The second-order valence-electron chi connectivity index (χ2n) is 4.98. The van der Waals surface area contributed by atoms with Gasteiger partial charge >= 0.3 is 0 Å². The van der Waals surface area contributed by atoms with Crippen LogP contribution in [0, 0.1) is 5.82 Å². The molecule has 0 saturated carbocycles. The van der Waals surface area contributed by atoms with Gasteiger partial charge in [-0.25, -0.2) is 4.39 Å². The van der Waals surface area contributed by atoms with Gasteiger partial charge in [0.25, 0.3) is 0 Å². The fraction of sp³-hybridized carbons (Fsp3) is 0.385. The lowest BCUT2D eigenvalue weighted by atomic mass is 10.2. The first-order valence-electron chi connectivity index (χ1n) is 5.30. The molecule has 2 nitrogen and oxygen atoms in total. The Morgan fingerprint density at radius 2 is 1.94 bits per heavy atom. The lowest BCUT2D eigenvalue weighted by Crippen LogP contribution is -2.22. The number of fused-ring (bicyclic) bond motifs is 1. The third-order valence-electron chi connectivity index (χ3n) is 2.32. The van der Waals surface area contributed by atoms with Crippen LogP contribution in [0.5, 0.6) is 5.75 Å². The molecule has 0 bridgehead atoms. The number of halogens is 1. The van der Waals surface area contributed by atoms with E-state index in [0.29, 0.717) is 11.3 Å². The molecule has 1 aromatic carbocycles. The summed E-state index contributed by atoms with van der Waals surface area (Å²) in [6.07, 6.45) is 1.84. The maximum atomic E-state index is 13.8. The Labute approximate surface area is 94.6 Å². The maximum absolute atomic E-state index is 13.8. The van der Waals surface area contributed by atoms with Gasteiger partial charge in [0.2, 0.25) is 0 Å². The van der Waals surface area contributed by atoms with Crippen molar-refractivity contribution in [3.05, 3.63) is 30.2 Å². The molecule has 0 aliphatic heterocycles. The fourth-order valence-corrected chi connectivity index (χ4v) is 1.77. The number of hydrogen-bond acceptors (Lipinski definition) is 1. The van der Waals surface area contributed by atoms with Crippen LogP contribution in [0.25, 0.3) is 10.9 Å². The lowest BCUT2D eigenvalue weighted by molar-refractivity contribution is 0.130. The molecule has 0 unspecified atom stereocenters. The molecule has 2 rings (SSSR count). The summed E-state index contributed by atoms with van der Waals surface area (Å²) in [5.74, 6) is 0.327. The van der Waals surface area contributed by atoms with E-state index in [1.807, 2.05) is 46.1 Å². The van der Waals surface area contributed by atoms with Crippen molar-refractivity contribution in [3.63, 3.8) is 0 Å². The van der Waals surface area contributed by atoms with Crippen LogP contribution in [-0.4, -0.2) is 10.2 Å². The monoisotopic (exact) mass is 221 g/mol. The van der Waals surface area contributed by atoms with Crippen LogP contribution in [0.4, 0.5) is 4.39 Å². The van der Waals surface area contributed by atoms with E-state index in [2.05, 4.69) is 0 Å². The Morgan fingerprint density at radius 1 is 1.25 bits per heavy atom. The van der Waals surface area contributed by atoms with Gasteiger partial charge in [0.15, 0.2) is 5.82 Å². The van der Waals surface area contributed by atoms with Gasteiger partial charge in [-0.15, -0.1) is 0 Å². The minimum atomic E-state index is -0.311. The zero-order valence-corrected chi connectivity index (χ0v) is 10.0. The van der Waals surface area contributed by atoms with Crippen LogP contribution >= 0.6 is 0 Å². The van der Waals surface area contributed by atoms with E-state index >= 15 is 0 Å². The third-order valence-corrected chi connectivity index (χ3v) is 2.32. The molecule has 0 spiro atoms. The number of benzene rings is 1. The molecule has 1 aromatic heterocycles. The number of rotatable bonds is 1. The SMILES string of the molecule is Cn1ccc2cc(OC(C)(C)C)cc(F)c21. The molecule has 16 heavy (non-hydrogen) atoms. The summed E-state index contributed by atoms with van der Waals surface area (Å²) in [5.41, 5.74) is 0.302. The molecule has 0 N–H and O–H groups in total. The average molecular weight is 221 g/mol. The van der Waals surface area contributed by atoms with Crippen LogP contribution < -0.4 is 4.74 Å². The molecular formula is C13H16FNO. The quantitative estimate of drug-likeness (QED) is 0.719. The van der Waals surface area contributed by atoms with E-state index in [4.69, 9.17) is 4.74 Å². The Hall–Kier alpha value is -1.51. The van der Waals surface area contributed by atoms with Crippen molar-refractivity contribution >= 4 is 10.9 Å². The Morgan fingerprint density at radius 3 is 2.56 bits per heavy atom. The van der Waals surface area contributed by atoms with Crippen molar-refractivity contribution in [2.75, 3.05) is 0 Å². The summed E-state index contributed by atoms with van der Waals surface area (Å²) >= 11 is 0. The molecule has 2 aromatic rings. The summed E-state index contributed by atoms with van der Waals surface area (Å²) in [5, 5.41) is 0.863. The molecule has 3 heteroatoms. The van der Waals surface area contributed by atoms with Crippen LogP contribution in [0.3, 0.4) is 0 Å². The van der Waals surface area contributed by atoms with E-state index in [9.17, 15) is 4.39 Å².